The van der Waals surface area contributed by atoms with Crippen molar-refractivity contribution in [2.45, 2.75) is 18.7 Å². The number of rotatable bonds is 6. The fourth-order valence-electron chi connectivity index (χ4n) is 2.13. The van der Waals surface area contributed by atoms with Crippen molar-refractivity contribution in [3.05, 3.63) is 59.4 Å². The molecule has 0 spiro atoms. The topological polar surface area (TPSA) is 99.1 Å². The minimum Gasteiger partial charge on any atom is -0.351 e. The molecule has 26 heavy (non-hydrogen) atoms. The number of hydrogen-bond acceptors (Lipinski definition) is 4. The number of halogens is 1. The first kappa shape index (κ1) is 19.4. The van der Waals surface area contributed by atoms with Gasteiger partial charge >= 0.3 is 0 Å². The number of hydrogen-bond donors (Lipinski definition) is 2. The van der Waals surface area contributed by atoms with Gasteiger partial charge in [0, 0.05) is 17.8 Å². The van der Waals surface area contributed by atoms with Crippen molar-refractivity contribution >= 4 is 21.6 Å². The zero-order valence-corrected chi connectivity index (χ0v) is 15.1. The second-order valence-corrected chi connectivity index (χ2v) is 7.51. The number of carbonyl (C=O) groups is 1. The standard InChI is InChI=1S/C18H18FN3O3S/c1-12(10-20)11-21-18(23)17-9-16(8-3-13(17)2)26(24,25)22-15-6-4-14(19)5-7-15/h3-9,12,22H,11H2,1-2H3,(H,21,23). The van der Waals surface area contributed by atoms with Crippen molar-refractivity contribution in [3.8, 4) is 6.07 Å². The highest BCUT2D eigenvalue weighted by Gasteiger charge is 2.18. The molecule has 0 radical (unpaired) electrons. The van der Waals surface area contributed by atoms with E-state index in [1.54, 1.807) is 13.8 Å². The van der Waals surface area contributed by atoms with Gasteiger partial charge in [0.05, 0.1) is 16.9 Å². The molecule has 6 nitrogen and oxygen atoms in total. The number of nitrogens with zero attached hydrogens (tertiary/aromatic N) is 1. The van der Waals surface area contributed by atoms with Crippen LogP contribution in [0.3, 0.4) is 0 Å². The van der Waals surface area contributed by atoms with Gasteiger partial charge in [-0.2, -0.15) is 5.26 Å². The van der Waals surface area contributed by atoms with E-state index in [1.165, 1.54) is 30.3 Å². The number of anilines is 1. The first-order valence-corrected chi connectivity index (χ1v) is 9.28. The van der Waals surface area contributed by atoms with Crippen LogP contribution in [0.25, 0.3) is 0 Å². The summed E-state index contributed by atoms with van der Waals surface area (Å²) in [5.41, 5.74) is 1.02. The van der Waals surface area contributed by atoms with Crippen molar-refractivity contribution in [2.75, 3.05) is 11.3 Å². The van der Waals surface area contributed by atoms with Gasteiger partial charge in [-0.25, -0.2) is 12.8 Å². The van der Waals surface area contributed by atoms with Crippen LogP contribution in [0.2, 0.25) is 0 Å². The Morgan fingerprint density at radius 2 is 1.88 bits per heavy atom. The quantitative estimate of drug-likeness (QED) is 0.811. The molecular weight excluding hydrogens is 357 g/mol. The monoisotopic (exact) mass is 375 g/mol. The van der Waals surface area contributed by atoms with Crippen LogP contribution < -0.4 is 10.0 Å². The summed E-state index contributed by atoms with van der Waals surface area (Å²) in [6.07, 6.45) is 0. The Balaban J connectivity index is 2.25. The van der Waals surface area contributed by atoms with Gasteiger partial charge in [-0.1, -0.05) is 6.07 Å². The van der Waals surface area contributed by atoms with Crippen LogP contribution in [0.4, 0.5) is 10.1 Å². The molecule has 0 fully saturated rings. The summed E-state index contributed by atoms with van der Waals surface area (Å²) in [6.45, 7) is 3.52. The molecule has 0 bridgehead atoms. The molecule has 8 heteroatoms. The number of nitriles is 1. The molecule has 2 rings (SSSR count). The molecule has 0 aromatic heterocycles. The predicted octanol–water partition coefficient (Wildman–Crippen LogP) is 2.82. The van der Waals surface area contributed by atoms with Gasteiger partial charge < -0.3 is 5.32 Å². The van der Waals surface area contributed by atoms with Crippen molar-refractivity contribution < 1.29 is 17.6 Å². The van der Waals surface area contributed by atoms with Crippen LogP contribution in [0.15, 0.2) is 47.4 Å². The van der Waals surface area contributed by atoms with Crippen LogP contribution >= 0.6 is 0 Å². The third-order valence-electron chi connectivity index (χ3n) is 3.65. The van der Waals surface area contributed by atoms with Gasteiger partial charge in [0.15, 0.2) is 0 Å². The maximum atomic E-state index is 12.9. The van der Waals surface area contributed by atoms with Gasteiger partial charge in [0.25, 0.3) is 15.9 Å². The van der Waals surface area contributed by atoms with E-state index in [0.717, 1.165) is 12.1 Å². The van der Waals surface area contributed by atoms with Crippen LogP contribution in [-0.4, -0.2) is 20.9 Å². The van der Waals surface area contributed by atoms with Crippen LogP contribution in [0.5, 0.6) is 0 Å². The van der Waals surface area contributed by atoms with E-state index in [-0.39, 0.29) is 28.6 Å². The number of sulfonamides is 1. The normalized spacial score (nSPS) is 12.1. The summed E-state index contributed by atoms with van der Waals surface area (Å²) in [7, 11) is -3.94. The zero-order chi connectivity index (χ0) is 19.3. The summed E-state index contributed by atoms with van der Waals surface area (Å²) in [6, 6.07) is 11.1. The molecule has 0 saturated heterocycles. The number of nitrogens with one attached hydrogen (secondary N) is 2. The van der Waals surface area contributed by atoms with E-state index >= 15 is 0 Å². The molecule has 2 N–H and O–H groups in total. The molecule has 0 aliphatic carbocycles. The lowest BCUT2D eigenvalue weighted by Gasteiger charge is -2.12. The van der Waals surface area contributed by atoms with E-state index in [1.807, 2.05) is 6.07 Å². The van der Waals surface area contributed by atoms with E-state index in [0.29, 0.717) is 5.56 Å². The van der Waals surface area contributed by atoms with Crippen LogP contribution in [0.1, 0.15) is 22.8 Å². The highest BCUT2D eigenvalue weighted by atomic mass is 32.2. The number of amides is 1. The van der Waals surface area contributed by atoms with Gasteiger partial charge in [0.2, 0.25) is 0 Å². The van der Waals surface area contributed by atoms with Crippen LogP contribution in [-0.2, 0) is 10.0 Å². The third-order valence-corrected chi connectivity index (χ3v) is 5.03. The average molecular weight is 375 g/mol. The van der Waals surface area contributed by atoms with E-state index < -0.39 is 21.7 Å². The highest BCUT2D eigenvalue weighted by molar-refractivity contribution is 7.92. The summed E-state index contributed by atoms with van der Waals surface area (Å²) in [4.78, 5) is 12.2. The Labute approximate surface area is 151 Å². The molecule has 0 saturated carbocycles. The number of benzene rings is 2. The zero-order valence-electron chi connectivity index (χ0n) is 14.3. The Morgan fingerprint density at radius 3 is 2.50 bits per heavy atom. The first-order valence-electron chi connectivity index (χ1n) is 7.80. The maximum Gasteiger partial charge on any atom is 0.261 e. The lowest BCUT2D eigenvalue weighted by Crippen LogP contribution is -2.28. The molecule has 0 aliphatic rings. The van der Waals surface area contributed by atoms with Crippen molar-refractivity contribution in [3.63, 3.8) is 0 Å². The molecule has 1 amide bonds. The largest absolute Gasteiger partial charge is 0.351 e. The molecule has 1 atom stereocenters. The van der Waals surface area contributed by atoms with Crippen molar-refractivity contribution in [1.29, 1.82) is 5.26 Å². The summed E-state index contributed by atoms with van der Waals surface area (Å²) >= 11 is 0. The molecule has 0 aliphatic heterocycles. The maximum absolute atomic E-state index is 12.9. The van der Waals surface area contributed by atoms with Gasteiger partial charge in [-0.3, -0.25) is 9.52 Å². The number of carbonyl (C=O) groups excluding carboxylic acids is 1. The lowest BCUT2D eigenvalue weighted by molar-refractivity contribution is 0.0950. The molecule has 2 aromatic rings. The summed E-state index contributed by atoms with van der Waals surface area (Å²) in [5.74, 6) is -1.29. The fraction of sp³-hybridized carbons (Fsp3) is 0.222. The SMILES string of the molecule is Cc1ccc(S(=O)(=O)Nc2ccc(F)cc2)cc1C(=O)NCC(C)C#N. The van der Waals surface area contributed by atoms with E-state index in [9.17, 15) is 17.6 Å². The molecule has 136 valence electrons. The third kappa shape index (κ3) is 4.80. The average Bonchev–Trinajstić information content (AvgIpc) is 2.61. The lowest BCUT2D eigenvalue weighted by atomic mass is 10.1. The molecular formula is C18H18FN3O3S. The van der Waals surface area contributed by atoms with Gasteiger partial charge in [-0.05, 0) is 55.8 Å². The predicted molar refractivity (Wildman–Crippen MR) is 95.5 cm³/mol. The second kappa shape index (κ2) is 7.97. The Hall–Kier alpha value is -2.92. The summed E-state index contributed by atoms with van der Waals surface area (Å²) in [5, 5.41) is 11.4. The molecule has 1 unspecified atom stereocenters. The fourth-order valence-corrected chi connectivity index (χ4v) is 3.22. The van der Waals surface area contributed by atoms with E-state index in [2.05, 4.69) is 10.0 Å². The van der Waals surface area contributed by atoms with Gasteiger partial charge in [0.1, 0.15) is 5.82 Å². The minimum atomic E-state index is -3.94. The summed E-state index contributed by atoms with van der Waals surface area (Å²) < 4.78 is 40.3. The second-order valence-electron chi connectivity index (χ2n) is 5.83. The molecule has 0 heterocycles. The Bertz CT molecular complexity index is 951. The molecule has 2 aromatic carbocycles. The number of aryl methyl sites for hydroxylation is 1. The minimum absolute atomic E-state index is 0.0918. The first-order chi connectivity index (χ1) is 12.2. The van der Waals surface area contributed by atoms with Crippen molar-refractivity contribution in [2.24, 2.45) is 5.92 Å². The van der Waals surface area contributed by atoms with Crippen LogP contribution in [0, 0.1) is 30.0 Å². The van der Waals surface area contributed by atoms with E-state index in [4.69, 9.17) is 5.26 Å². The smallest absolute Gasteiger partial charge is 0.261 e. The Morgan fingerprint density at radius 1 is 1.23 bits per heavy atom. The van der Waals surface area contributed by atoms with Crippen molar-refractivity contribution in [1.82, 2.24) is 5.32 Å². The Kier molecular flexibility index (Phi) is 5.95. The van der Waals surface area contributed by atoms with Gasteiger partial charge in [-0.15, -0.1) is 0 Å². The highest BCUT2D eigenvalue weighted by Crippen LogP contribution is 2.19.